The number of aryl methyl sites for hydroxylation is 1. The van der Waals surface area contributed by atoms with E-state index in [9.17, 15) is 4.79 Å². The molecule has 26 heavy (non-hydrogen) atoms. The maximum Gasteiger partial charge on any atom is 0.226 e. The van der Waals surface area contributed by atoms with Crippen LogP contribution in [0.15, 0.2) is 40.4 Å². The van der Waals surface area contributed by atoms with Crippen LogP contribution in [0.2, 0.25) is 0 Å². The van der Waals surface area contributed by atoms with E-state index in [0.717, 1.165) is 10.6 Å². The minimum atomic E-state index is 0.0738. The molecule has 0 spiro atoms. The molecule has 1 amide bonds. The molecule has 3 aromatic rings. The van der Waals surface area contributed by atoms with Gasteiger partial charge in [-0.05, 0) is 18.6 Å². The van der Waals surface area contributed by atoms with Gasteiger partial charge >= 0.3 is 0 Å². The summed E-state index contributed by atoms with van der Waals surface area (Å²) in [6, 6.07) is 7.51. The number of hydrogen-bond acceptors (Lipinski definition) is 7. The fourth-order valence-electron chi connectivity index (χ4n) is 2.50. The van der Waals surface area contributed by atoms with Crippen molar-refractivity contribution in [1.82, 2.24) is 20.0 Å². The molecular weight excluding hydrogens is 352 g/mol. The van der Waals surface area contributed by atoms with E-state index in [0.29, 0.717) is 43.3 Å². The summed E-state index contributed by atoms with van der Waals surface area (Å²) < 4.78 is 10.6. The van der Waals surface area contributed by atoms with E-state index in [1.54, 1.807) is 36.6 Å². The van der Waals surface area contributed by atoms with E-state index >= 15 is 0 Å². The van der Waals surface area contributed by atoms with Crippen LogP contribution in [0.25, 0.3) is 11.4 Å². The van der Waals surface area contributed by atoms with Crippen LogP contribution < -0.4 is 4.74 Å². The SMILES string of the molecule is COc1ccccc1-c1noc(CCCC(=O)N(C)Cc2nccs2)n1. The summed E-state index contributed by atoms with van der Waals surface area (Å²) in [7, 11) is 3.39. The Balaban J connectivity index is 1.51. The van der Waals surface area contributed by atoms with Crippen molar-refractivity contribution in [3.63, 3.8) is 0 Å². The van der Waals surface area contributed by atoms with Gasteiger partial charge in [-0.25, -0.2) is 4.98 Å². The number of carbonyl (C=O) groups excluding carboxylic acids is 1. The lowest BCUT2D eigenvalue weighted by molar-refractivity contribution is -0.130. The molecule has 0 saturated carbocycles. The lowest BCUT2D eigenvalue weighted by Crippen LogP contribution is -2.25. The second-order valence-corrected chi connectivity index (χ2v) is 6.72. The Kier molecular flexibility index (Phi) is 5.96. The van der Waals surface area contributed by atoms with Crippen molar-refractivity contribution in [3.8, 4) is 17.1 Å². The quantitative estimate of drug-likeness (QED) is 0.604. The minimum absolute atomic E-state index is 0.0738. The maximum absolute atomic E-state index is 12.2. The normalized spacial score (nSPS) is 10.7. The number of carbonyl (C=O) groups is 1. The summed E-state index contributed by atoms with van der Waals surface area (Å²) in [6.07, 6.45) is 3.37. The average Bonchev–Trinajstić information content (AvgIpc) is 3.33. The van der Waals surface area contributed by atoms with Crippen LogP contribution in [0.3, 0.4) is 0 Å². The van der Waals surface area contributed by atoms with E-state index in [1.807, 2.05) is 29.6 Å². The second-order valence-electron chi connectivity index (χ2n) is 5.74. The number of ether oxygens (including phenoxy) is 1. The van der Waals surface area contributed by atoms with Crippen molar-refractivity contribution in [1.29, 1.82) is 0 Å². The summed E-state index contributed by atoms with van der Waals surface area (Å²) in [5.74, 6) is 1.77. The Bertz CT molecular complexity index is 848. The van der Waals surface area contributed by atoms with Crippen LogP contribution in [0.5, 0.6) is 5.75 Å². The van der Waals surface area contributed by atoms with E-state index in [2.05, 4.69) is 15.1 Å². The van der Waals surface area contributed by atoms with E-state index in [4.69, 9.17) is 9.26 Å². The molecule has 3 rings (SSSR count). The Hall–Kier alpha value is -2.74. The van der Waals surface area contributed by atoms with E-state index < -0.39 is 0 Å². The van der Waals surface area contributed by atoms with Gasteiger partial charge in [-0.15, -0.1) is 11.3 Å². The molecule has 0 aliphatic heterocycles. The lowest BCUT2D eigenvalue weighted by Gasteiger charge is -2.15. The fraction of sp³-hybridized carbons (Fsp3) is 0.333. The number of aromatic nitrogens is 3. The van der Waals surface area contributed by atoms with Gasteiger partial charge in [0.25, 0.3) is 0 Å². The van der Waals surface area contributed by atoms with Crippen LogP contribution in [0, 0.1) is 0 Å². The average molecular weight is 372 g/mol. The summed E-state index contributed by atoms with van der Waals surface area (Å²) in [4.78, 5) is 22.5. The third kappa shape index (κ3) is 4.45. The van der Waals surface area contributed by atoms with Gasteiger partial charge in [0.15, 0.2) is 0 Å². The number of hydrogen-bond donors (Lipinski definition) is 0. The Morgan fingerprint density at radius 2 is 2.19 bits per heavy atom. The molecule has 0 aliphatic rings. The van der Waals surface area contributed by atoms with Crippen molar-refractivity contribution in [2.24, 2.45) is 0 Å². The van der Waals surface area contributed by atoms with Gasteiger partial charge in [0, 0.05) is 31.5 Å². The molecule has 136 valence electrons. The highest BCUT2D eigenvalue weighted by Crippen LogP contribution is 2.27. The first-order valence-electron chi connectivity index (χ1n) is 8.25. The molecule has 0 N–H and O–H groups in total. The third-order valence-corrected chi connectivity index (χ3v) is 4.64. The summed E-state index contributed by atoms with van der Waals surface area (Å²) in [5.41, 5.74) is 0.782. The molecule has 0 radical (unpaired) electrons. The van der Waals surface area contributed by atoms with Crippen molar-refractivity contribution in [2.75, 3.05) is 14.2 Å². The van der Waals surface area contributed by atoms with Crippen LogP contribution in [-0.2, 0) is 17.8 Å². The molecule has 0 bridgehead atoms. The smallest absolute Gasteiger partial charge is 0.226 e. The van der Waals surface area contributed by atoms with E-state index in [1.165, 1.54) is 0 Å². The first kappa shape index (κ1) is 18.1. The largest absolute Gasteiger partial charge is 0.496 e. The van der Waals surface area contributed by atoms with Crippen molar-refractivity contribution >= 4 is 17.2 Å². The third-order valence-electron chi connectivity index (χ3n) is 3.88. The number of rotatable bonds is 8. The first-order chi connectivity index (χ1) is 12.7. The predicted molar refractivity (Wildman–Crippen MR) is 97.8 cm³/mol. The molecule has 0 fully saturated rings. The molecule has 0 saturated heterocycles. The highest BCUT2D eigenvalue weighted by Gasteiger charge is 2.14. The number of nitrogens with zero attached hydrogens (tertiary/aromatic N) is 4. The minimum Gasteiger partial charge on any atom is -0.496 e. The molecule has 0 aliphatic carbocycles. The van der Waals surface area contributed by atoms with Crippen molar-refractivity contribution < 1.29 is 14.1 Å². The molecule has 8 heteroatoms. The molecule has 2 heterocycles. The Morgan fingerprint density at radius 3 is 2.96 bits per heavy atom. The number of methoxy groups -OCH3 is 1. The van der Waals surface area contributed by atoms with Crippen LogP contribution >= 0.6 is 11.3 Å². The summed E-state index contributed by atoms with van der Waals surface area (Å²) in [6.45, 7) is 0.537. The van der Waals surface area contributed by atoms with Crippen LogP contribution in [0.4, 0.5) is 0 Å². The van der Waals surface area contributed by atoms with Gasteiger partial charge in [0.1, 0.15) is 10.8 Å². The zero-order valence-corrected chi connectivity index (χ0v) is 15.5. The standard InChI is InChI=1S/C18H20N4O3S/c1-22(12-16-19-10-11-26-16)17(23)9-5-8-15-20-18(21-25-15)13-6-3-4-7-14(13)24-2/h3-4,6-7,10-11H,5,8-9,12H2,1-2H3. The lowest BCUT2D eigenvalue weighted by atomic mass is 10.2. The van der Waals surface area contributed by atoms with E-state index in [-0.39, 0.29) is 5.91 Å². The number of amides is 1. The zero-order valence-electron chi connectivity index (χ0n) is 14.7. The zero-order chi connectivity index (χ0) is 18.4. The number of para-hydroxylation sites is 1. The van der Waals surface area contributed by atoms with Gasteiger partial charge in [0.05, 0.1) is 19.2 Å². The van der Waals surface area contributed by atoms with Crippen LogP contribution in [-0.4, -0.2) is 40.1 Å². The molecule has 2 aromatic heterocycles. The number of thiazole rings is 1. The van der Waals surface area contributed by atoms with Gasteiger partial charge in [-0.3, -0.25) is 4.79 Å². The molecule has 0 atom stereocenters. The maximum atomic E-state index is 12.2. The van der Waals surface area contributed by atoms with Gasteiger partial charge in [0.2, 0.25) is 17.6 Å². The Labute approximate surface area is 155 Å². The van der Waals surface area contributed by atoms with Gasteiger partial charge < -0.3 is 14.2 Å². The van der Waals surface area contributed by atoms with Crippen LogP contribution in [0.1, 0.15) is 23.7 Å². The molecule has 1 aromatic carbocycles. The predicted octanol–water partition coefficient (Wildman–Crippen LogP) is 3.18. The van der Waals surface area contributed by atoms with Crippen molar-refractivity contribution in [2.45, 2.75) is 25.8 Å². The molecular formula is C18H20N4O3S. The summed E-state index contributed by atoms with van der Waals surface area (Å²) in [5, 5.41) is 6.84. The fourth-order valence-corrected chi connectivity index (χ4v) is 3.17. The summed E-state index contributed by atoms with van der Waals surface area (Å²) >= 11 is 1.54. The second kappa shape index (κ2) is 8.57. The van der Waals surface area contributed by atoms with Crippen molar-refractivity contribution in [3.05, 3.63) is 46.7 Å². The highest BCUT2D eigenvalue weighted by atomic mass is 32.1. The number of benzene rings is 1. The first-order valence-corrected chi connectivity index (χ1v) is 9.13. The Morgan fingerprint density at radius 1 is 1.35 bits per heavy atom. The van der Waals surface area contributed by atoms with Gasteiger partial charge in [-0.2, -0.15) is 4.98 Å². The topological polar surface area (TPSA) is 81.4 Å². The van der Waals surface area contributed by atoms with Gasteiger partial charge in [-0.1, -0.05) is 17.3 Å². The molecule has 7 nitrogen and oxygen atoms in total. The monoisotopic (exact) mass is 372 g/mol. The highest BCUT2D eigenvalue weighted by molar-refractivity contribution is 7.09. The molecule has 0 unspecified atom stereocenters.